The summed E-state index contributed by atoms with van der Waals surface area (Å²) in [5.41, 5.74) is 2.41. The zero-order valence-electron chi connectivity index (χ0n) is 13.9. The summed E-state index contributed by atoms with van der Waals surface area (Å²) < 4.78 is 1.34. The average Bonchev–Trinajstić information content (AvgIpc) is 3.42. The molecule has 0 unspecified atom stereocenters. The third-order valence-electron chi connectivity index (χ3n) is 3.56. The fraction of sp³-hybridized carbons (Fsp3) is 0.0625. The number of benzene rings is 1. The molecule has 3 heterocycles. The zero-order chi connectivity index (χ0) is 18.6. The van der Waals surface area contributed by atoms with Crippen molar-refractivity contribution in [2.24, 2.45) is 0 Å². The quantitative estimate of drug-likeness (QED) is 0.336. The maximum Gasteiger partial charge on any atom is 0.236 e. The number of nitrogen functional groups attached to an aromatic ring is 1. The second kappa shape index (κ2) is 7.60. The topological polar surface area (TPSA) is 127 Å². The Labute approximate surface area is 162 Å². The van der Waals surface area contributed by atoms with E-state index in [1.165, 1.54) is 27.8 Å². The third-order valence-corrected chi connectivity index (χ3v) is 5.20. The van der Waals surface area contributed by atoms with Crippen molar-refractivity contribution in [3.63, 3.8) is 0 Å². The highest BCUT2D eigenvalue weighted by Gasteiger charge is 2.16. The van der Waals surface area contributed by atoms with Gasteiger partial charge in [-0.3, -0.25) is 9.89 Å². The second-order valence-corrected chi connectivity index (χ2v) is 7.22. The zero-order valence-corrected chi connectivity index (χ0v) is 15.5. The number of aromatic amines is 1. The minimum absolute atomic E-state index is 0.146. The van der Waals surface area contributed by atoms with Crippen LogP contribution in [0.15, 0.2) is 53.1 Å². The average molecular weight is 398 g/mol. The Bertz CT molecular complexity index is 1040. The van der Waals surface area contributed by atoms with Gasteiger partial charge in [0.1, 0.15) is 5.69 Å². The predicted octanol–water partition coefficient (Wildman–Crippen LogP) is 2.24. The van der Waals surface area contributed by atoms with Crippen LogP contribution in [0.3, 0.4) is 0 Å². The van der Waals surface area contributed by atoms with Crippen LogP contribution in [0.2, 0.25) is 0 Å². The van der Waals surface area contributed by atoms with Gasteiger partial charge in [0.2, 0.25) is 16.9 Å². The molecule has 4 N–H and O–H groups in total. The summed E-state index contributed by atoms with van der Waals surface area (Å²) in [6.45, 7) is 0. The van der Waals surface area contributed by atoms with Gasteiger partial charge in [0.05, 0.1) is 11.4 Å². The molecule has 0 spiro atoms. The number of carbonyl (C=O) groups excluding carboxylic acids is 1. The van der Waals surface area contributed by atoms with Crippen molar-refractivity contribution in [1.29, 1.82) is 0 Å². The van der Waals surface area contributed by atoms with E-state index in [1.807, 2.05) is 36.4 Å². The first-order chi connectivity index (χ1) is 13.2. The molecule has 11 heteroatoms. The summed E-state index contributed by atoms with van der Waals surface area (Å²) >= 11 is 2.55. The summed E-state index contributed by atoms with van der Waals surface area (Å²) in [4.78, 5) is 16.0. The van der Waals surface area contributed by atoms with E-state index in [0.29, 0.717) is 21.8 Å². The van der Waals surface area contributed by atoms with Crippen LogP contribution in [0.4, 0.5) is 5.13 Å². The molecule has 3 aromatic heterocycles. The Morgan fingerprint density at radius 1 is 1.30 bits per heavy atom. The number of amides is 1. The van der Waals surface area contributed by atoms with E-state index in [2.05, 4.69) is 30.7 Å². The summed E-state index contributed by atoms with van der Waals surface area (Å²) in [5, 5.41) is 20.8. The molecule has 136 valence electrons. The van der Waals surface area contributed by atoms with Gasteiger partial charge < -0.3 is 11.2 Å². The molecule has 0 atom stereocenters. The molecule has 4 aromatic rings. The normalized spacial score (nSPS) is 10.8. The van der Waals surface area contributed by atoms with Gasteiger partial charge in [0.15, 0.2) is 5.13 Å². The largest absolute Gasteiger partial charge is 0.335 e. The van der Waals surface area contributed by atoms with Crippen LogP contribution in [-0.2, 0) is 4.79 Å². The Balaban J connectivity index is 1.45. The van der Waals surface area contributed by atoms with Crippen LogP contribution in [-0.4, -0.2) is 41.7 Å². The number of hydrogen-bond acceptors (Lipinski definition) is 8. The predicted molar refractivity (Wildman–Crippen MR) is 105 cm³/mol. The van der Waals surface area contributed by atoms with Crippen molar-refractivity contribution in [2.75, 3.05) is 16.9 Å². The number of H-pyrrole nitrogens is 1. The van der Waals surface area contributed by atoms with Crippen molar-refractivity contribution >= 4 is 34.1 Å². The molecule has 0 aliphatic heterocycles. The first-order valence-electron chi connectivity index (χ1n) is 7.84. The molecule has 0 bridgehead atoms. The first-order valence-corrected chi connectivity index (χ1v) is 9.71. The van der Waals surface area contributed by atoms with Crippen LogP contribution in [0.1, 0.15) is 0 Å². The highest BCUT2D eigenvalue weighted by atomic mass is 32.2. The highest BCUT2D eigenvalue weighted by molar-refractivity contribution is 7.99. The van der Waals surface area contributed by atoms with Crippen LogP contribution in [0.5, 0.6) is 0 Å². The molecular formula is C16H14N8OS2. The molecule has 0 aliphatic carbocycles. The Morgan fingerprint density at radius 3 is 2.93 bits per heavy atom. The number of nitrogens with one attached hydrogen (secondary N) is 2. The SMILES string of the molecule is Nn1c(SCC(=O)Nc2nccs2)nnc1-c1cc(-c2ccccc2)n[nH]1. The van der Waals surface area contributed by atoms with Crippen LogP contribution >= 0.6 is 23.1 Å². The number of aromatic nitrogens is 6. The van der Waals surface area contributed by atoms with Crippen molar-refractivity contribution in [1.82, 2.24) is 30.1 Å². The van der Waals surface area contributed by atoms with E-state index < -0.39 is 0 Å². The lowest BCUT2D eigenvalue weighted by molar-refractivity contribution is -0.113. The van der Waals surface area contributed by atoms with Crippen molar-refractivity contribution in [3.8, 4) is 22.8 Å². The number of thioether (sulfide) groups is 1. The van der Waals surface area contributed by atoms with Crippen LogP contribution < -0.4 is 11.2 Å². The number of rotatable bonds is 6. The number of carbonyl (C=O) groups is 1. The van der Waals surface area contributed by atoms with E-state index in [-0.39, 0.29) is 11.7 Å². The van der Waals surface area contributed by atoms with Gasteiger partial charge in [0, 0.05) is 17.1 Å². The number of nitrogens with two attached hydrogens (primary N) is 1. The van der Waals surface area contributed by atoms with Crippen molar-refractivity contribution < 1.29 is 4.79 Å². The molecule has 1 aromatic carbocycles. The Morgan fingerprint density at radius 2 is 2.15 bits per heavy atom. The summed E-state index contributed by atoms with van der Waals surface area (Å²) in [5.74, 6) is 6.48. The van der Waals surface area contributed by atoms with Gasteiger partial charge >= 0.3 is 0 Å². The van der Waals surface area contributed by atoms with Gasteiger partial charge in [0.25, 0.3) is 0 Å². The van der Waals surface area contributed by atoms with E-state index in [4.69, 9.17) is 5.84 Å². The minimum atomic E-state index is -0.188. The van der Waals surface area contributed by atoms with E-state index in [1.54, 1.807) is 11.6 Å². The molecule has 4 rings (SSSR count). The lowest BCUT2D eigenvalue weighted by atomic mass is 10.1. The van der Waals surface area contributed by atoms with Gasteiger partial charge in [-0.1, -0.05) is 42.1 Å². The smallest absolute Gasteiger partial charge is 0.236 e. The standard InChI is InChI=1S/C16H14N8OS2/c17-24-14(12-8-11(20-21-12)10-4-2-1-3-5-10)22-23-16(24)27-9-13(25)19-15-18-6-7-26-15/h1-8H,9,17H2,(H,20,21)(H,18,19,25). The maximum absolute atomic E-state index is 12.0. The number of nitrogens with zero attached hydrogens (tertiary/aromatic N) is 5. The summed E-state index contributed by atoms with van der Waals surface area (Å²) in [6.07, 6.45) is 1.63. The lowest BCUT2D eigenvalue weighted by Gasteiger charge is -2.02. The van der Waals surface area contributed by atoms with Gasteiger partial charge in [-0.05, 0) is 6.07 Å². The highest BCUT2D eigenvalue weighted by Crippen LogP contribution is 2.24. The number of thiazole rings is 1. The lowest BCUT2D eigenvalue weighted by Crippen LogP contribution is -2.16. The molecule has 0 fully saturated rings. The van der Waals surface area contributed by atoms with Gasteiger partial charge in [-0.15, -0.1) is 21.5 Å². The van der Waals surface area contributed by atoms with E-state index in [0.717, 1.165) is 11.3 Å². The van der Waals surface area contributed by atoms with Crippen LogP contribution in [0, 0.1) is 0 Å². The Hall–Kier alpha value is -3.18. The maximum atomic E-state index is 12.0. The molecule has 9 nitrogen and oxygen atoms in total. The summed E-state index contributed by atoms with van der Waals surface area (Å²) in [6, 6.07) is 11.6. The molecule has 1 amide bonds. The third kappa shape index (κ3) is 3.83. The van der Waals surface area contributed by atoms with Gasteiger partial charge in [-0.2, -0.15) is 5.10 Å². The molecule has 27 heavy (non-hydrogen) atoms. The monoisotopic (exact) mass is 398 g/mol. The molecular weight excluding hydrogens is 384 g/mol. The molecule has 0 aliphatic rings. The number of hydrogen-bond donors (Lipinski definition) is 3. The molecule has 0 saturated carbocycles. The summed E-state index contributed by atoms with van der Waals surface area (Å²) in [7, 11) is 0. The van der Waals surface area contributed by atoms with Crippen molar-refractivity contribution in [3.05, 3.63) is 48.0 Å². The van der Waals surface area contributed by atoms with Gasteiger partial charge in [-0.25, -0.2) is 9.66 Å². The van der Waals surface area contributed by atoms with Crippen molar-refractivity contribution in [2.45, 2.75) is 5.16 Å². The molecule has 0 saturated heterocycles. The minimum Gasteiger partial charge on any atom is -0.335 e. The second-order valence-electron chi connectivity index (χ2n) is 5.38. The van der Waals surface area contributed by atoms with E-state index >= 15 is 0 Å². The fourth-order valence-corrected chi connectivity index (χ4v) is 3.52. The van der Waals surface area contributed by atoms with E-state index in [9.17, 15) is 4.79 Å². The molecule has 0 radical (unpaired) electrons. The fourth-order valence-electron chi connectivity index (χ4n) is 2.32. The van der Waals surface area contributed by atoms with Crippen LogP contribution in [0.25, 0.3) is 22.8 Å². The number of anilines is 1. The first kappa shape index (κ1) is 17.2. The Kier molecular flexibility index (Phi) is 4.85.